The Kier molecular flexibility index (Phi) is 4.28. The lowest BCUT2D eigenvalue weighted by Gasteiger charge is -2.10. The van der Waals surface area contributed by atoms with Crippen molar-refractivity contribution in [2.24, 2.45) is 0 Å². The Morgan fingerprint density at radius 2 is 2.19 bits per heavy atom. The van der Waals surface area contributed by atoms with E-state index < -0.39 is 0 Å². The van der Waals surface area contributed by atoms with Crippen LogP contribution in [0.3, 0.4) is 0 Å². The van der Waals surface area contributed by atoms with E-state index in [0.29, 0.717) is 24.2 Å². The number of carbonyl (C=O) groups is 1. The standard InChI is InChI=1S/C19H21N5O2/c1-12-15(11-13-10-14(26-2)5-6-16(13)21-12)19(25)20-8-7-18-23-22-17-4-3-9-24(17)18/h5-6,10-11H,3-4,7-9H2,1-2H3,(H,20,25). The third kappa shape index (κ3) is 3.00. The van der Waals surface area contributed by atoms with Crippen LogP contribution in [0.15, 0.2) is 24.3 Å². The number of aromatic nitrogens is 4. The number of hydrogen-bond donors (Lipinski definition) is 1. The fourth-order valence-electron chi connectivity index (χ4n) is 3.39. The molecule has 1 amide bonds. The summed E-state index contributed by atoms with van der Waals surface area (Å²) in [6.07, 6.45) is 2.78. The van der Waals surface area contributed by atoms with Crippen molar-refractivity contribution in [3.63, 3.8) is 0 Å². The van der Waals surface area contributed by atoms with E-state index in [4.69, 9.17) is 4.74 Å². The number of methoxy groups -OCH3 is 1. The van der Waals surface area contributed by atoms with Gasteiger partial charge < -0.3 is 14.6 Å². The van der Waals surface area contributed by atoms with Gasteiger partial charge in [-0.1, -0.05) is 0 Å². The third-order valence-corrected chi connectivity index (χ3v) is 4.78. The molecular formula is C19H21N5O2. The van der Waals surface area contributed by atoms with E-state index in [1.54, 1.807) is 7.11 Å². The predicted octanol–water partition coefficient (Wildman–Crippen LogP) is 2.06. The van der Waals surface area contributed by atoms with Crippen LogP contribution >= 0.6 is 0 Å². The van der Waals surface area contributed by atoms with Crippen LogP contribution in [0.1, 0.15) is 34.1 Å². The molecule has 1 aromatic carbocycles. The topological polar surface area (TPSA) is 81.9 Å². The summed E-state index contributed by atoms with van der Waals surface area (Å²) in [5.74, 6) is 2.61. The average Bonchev–Trinajstić information content (AvgIpc) is 3.25. The molecule has 1 aliphatic heterocycles. The zero-order chi connectivity index (χ0) is 18.1. The van der Waals surface area contributed by atoms with E-state index in [1.807, 2.05) is 31.2 Å². The number of hydrogen-bond acceptors (Lipinski definition) is 5. The number of ether oxygens (including phenoxy) is 1. The first-order valence-electron chi connectivity index (χ1n) is 8.80. The van der Waals surface area contributed by atoms with E-state index in [1.165, 1.54) is 0 Å². The molecule has 7 heteroatoms. The molecule has 3 aromatic rings. The van der Waals surface area contributed by atoms with Crippen molar-refractivity contribution in [1.29, 1.82) is 0 Å². The molecule has 2 aromatic heterocycles. The second-order valence-electron chi connectivity index (χ2n) is 6.47. The second-order valence-corrected chi connectivity index (χ2v) is 6.47. The van der Waals surface area contributed by atoms with Crippen LogP contribution in [-0.2, 0) is 19.4 Å². The zero-order valence-corrected chi connectivity index (χ0v) is 15.0. The Balaban J connectivity index is 1.47. The highest BCUT2D eigenvalue weighted by Gasteiger charge is 2.17. The van der Waals surface area contributed by atoms with Crippen molar-refractivity contribution in [2.45, 2.75) is 32.7 Å². The van der Waals surface area contributed by atoms with Crippen LogP contribution in [0.2, 0.25) is 0 Å². The Hall–Kier alpha value is -2.96. The lowest BCUT2D eigenvalue weighted by Crippen LogP contribution is -2.27. The minimum atomic E-state index is -0.124. The molecule has 1 N–H and O–H groups in total. The monoisotopic (exact) mass is 351 g/mol. The molecule has 0 saturated carbocycles. The minimum Gasteiger partial charge on any atom is -0.497 e. The summed E-state index contributed by atoms with van der Waals surface area (Å²) >= 11 is 0. The van der Waals surface area contributed by atoms with Gasteiger partial charge in [-0.05, 0) is 37.6 Å². The van der Waals surface area contributed by atoms with Crippen molar-refractivity contribution in [1.82, 2.24) is 25.1 Å². The molecular weight excluding hydrogens is 330 g/mol. The molecule has 0 atom stereocenters. The summed E-state index contributed by atoms with van der Waals surface area (Å²) < 4.78 is 7.41. The summed E-state index contributed by atoms with van der Waals surface area (Å²) in [5, 5.41) is 12.3. The van der Waals surface area contributed by atoms with Gasteiger partial charge in [0, 0.05) is 31.3 Å². The number of carbonyl (C=O) groups excluding carboxylic acids is 1. The number of pyridine rings is 1. The van der Waals surface area contributed by atoms with Crippen LogP contribution < -0.4 is 10.1 Å². The van der Waals surface area contributed by atoms with Gasteiger partial charge in [-0.25, -0.2) is 0 Å². The van der Waals surface area contributed by atoms with Crippen LogP contribution in [0, 0.1) is 6.92 Å². The molecule has 0 spiro atoms. The Labute approximate surface area is 151 Å². The molecule has 134 valence electrons. The van der Waals surface area contributed by atoms with Gasteiger partial charge in [0.15, 0.2) is 0 Å². The van der Waals surface area contributed by atoms with Crippen LogP contribution in [-0.4, -0.2) is 39.3 Å². The SMILES string of the molecule is COc1ccc2nc(C)c(C(=O)NCCc3nnc4n3CCC4)cc2c1. The molecule has 3 heterocycles. The number of fused-ring (bicyclic) bond motifs is 2. The Morgan fingerprint density at radius 1 is 1.31 bits per heavy atom. The Morgan fingerprint density at radius 3 is 3.04 bits per heavy atom. The van der Waals surface area contributed by atoms with Crippen LogP contribution in [0.25, 0.3) is 10.9 Å². The normalized spacial score (nSPS) is 13.0. The van der Waals surface area contributed by atoms with Gasteiger partial charge in [-0.15, -0.1) is 10.2 Å². The first-order chi connectivity index (χ1) is 12.7. The Bertz CT molecular complexity index is 979. The quantitative estimate of drug-likeness (QED) is 0.761. The molecule has 0 bridgehead atoms. The molecule has 4 rings (SSSR count). The zero-order valence-electron chi connectivity index (χ0n) is 15.0. The maximum absolute atomic E-state index is 12.6. The summed E-state index contributed by atoms with van der Waals surface area (Å²) in [6.45, 7) is 3.34. The molecule has 0 saturated heterocycles. The van der Waals surface area contributed by atoms with Crippen molar-refractivity contribution in [2.75, 3.05) is 13.7 Å². The highest BCUT2D eigenvalue weighted by atomic mass is 16.5. The maximum Gasteiger partial charge on any atom is 0.253 e. The molecule has 0 radical (unpaired) electrons. The molecule has 26 heavy (non-hydrogen) atoms. The number of nitrogens with one attached hydrogen (secondary N) is 1. The fourth-order valence-corrected chi connectivity index (χ4v) is 3.39. The lowest BCUT2D eigenvalue weighted by molar-refractivity contribution is 0.0953. The molecule has 0 unspecified atom stereocenters. The van der Waals surface area contributed by atoms with E-state index >= 15 is 0 Å². The number of benzene rings is 1. The van der Waals surface area contributed by atoms with Gasteiger partial charge in [-0.3, -0.25) is 9.78 Å². The average molecular weight is 351 g/mol. The summed E-state index contributed by atoms with van der Waals surface area (Å²) in [4.78, 5) is 17.1. The van der Waals surface area contributed by atoms with Crippen molar-refractivity contribution < 1.29 is 9.53 Å². The van der Waals surface area contributed by atoms with Gasteiger partial charge in [-0.2, -0.15) is 0 Å². The van der Waals surface area contributed by atoms with Crippen molar-refractivity contribution >= 4 is 16.8 Å². The largest absolute Gasteiger partial charge is 0.497 e. The van der Waals surface area contributed by atoms with Crippen molar-refractivity contribution in [3.05, 3.63) is 47.2 Å². The minimum absolute atomic E-state index is 0.124. The maximum atomic E-state index is 12.6. The highest BCUT2D eigenvalue weighted by molar-refractivity contribution is 5.98. The number of nitrogens with zero attached hydrogens (tertiary/aromatic N) is 4. The van der Waals surface area contributed by atoms with Crippen LogP contribution in [0.4, 0.5) is 0 Å². The first-order valence-corrected chi connectivity index (χ1v) is 8.80. The van der Waals surface area contributed by atoms with Crippen LogP contribution in [0.5, 0.6) is 5.75 Å². The van der Waals surface area contributed by atoms with E-state index in [2.05, 4.69) is 25.1 Å². The molecule has 1 aliphatic rings. The second kappa shape index (κ2) is 6.74. The predicted molar refractivity (Wildman–Crippen MR) is 97.4 cm³/mol. The van der Waals surface area contributed by atoms with Gasteiger partial charge in [0.2, 0.25) is 0 Å². The summed E-state index contributed by atoms with van der Waals surface area (Å²) in [6, 6.07) is 7.52. The highest BCUT2D eigenvalue weighted by Crippen LogP contribution is 2.22. The molecule has 7 nitrogen and oxygen atoms in total. The molecule has 0 fully saturated rings. The van der Waals surface area contributed by atoms with E-state index in [0.717, 1.165) is 47.7 Å². The first kappa shape index (κ1) is 16.5. The van der Waals surface area contributed by atoms with E-state index in [9.17, 15) is 4.79 Å². The van der Waals surface area contributed by atoms with Gasteiger partial charge in [0.25, 0.3) is 5.91 Å². The molecule has 0 aliphatic carbocycles. The summed E-state index contributed by atoms with van der Waals surface area (Å²) in [7, 11) is 1.62. The van der Waals surface area contributed by atoms with E-state index in [-0.39, 0.29) is 5.91 Å². The number of amides is 1. The van der Waals surface area contributed by atoms with Crippen molar-refractivity contribution in [3.8, 4) is 5.75 Å². The lowest BCUT2D eigenvalue weighted by atomic mass is 10.1. The number of rotatable bonds is 5. The van der Waals surface area contributed by atoms with Gasteiger partial charge in [0.05, 0.1) is 23.9 Å². The van der Waals surface area contributed by atoms with Gasteiger partial charge in [0.1, 0.15) is 17.4 Å². The fraction of sp³-hybridized carbons (Fsp3) is 0.368. The summed E-state index contributed by atoms with van der Waals surface area (Å²) in [5.41, 5.74) is 2.14. The number of aryl methyl sites for hydroxylation is 2. The third-order valence-electron chi connectivity index (χ3n) is 4.78. The smallest absolute Gasteiger partial charge is 0.253 e. The van der Waals surface area contributed by atoms with Gasteiger partial charge >= 0.3 is 0 Å².